The Morgan fingerprint density at radius 2 is 2.00 bits per heavy atom. The number of hydrogen-bond acceptors (Lipinski definition) is 3. The molecule has 0 aliphatic rings. The van der Waals surface area contributed by atoms with Crippen LogP contribution in [-0.4, -0.2) is 21.5 Å². The van der Waals surface area contributed by atoms with Crippen molar-refractivity contribution in [2.24, 2.45) is 7.05 Å². The minimum atomic E-state index is -0.546. The summed E-state index contributed by atoms with van der Waals surface area (Å²) in [6.07, 6.45) is 2.13. The van der Waals surface area contributed by atoms with Crippen molar-refractivity contribution in [3.63, 3.8) is 0 Å². The highest BCUT2D eigenvalue weighted by Crippen LogP contribution is 2.23. The Kier molecular flexibility index (Phi) is 4.21. The van der Waals surface area contributed by atoms with Crippen LogP contribution >= 0.6 is 0 Å². The van der Waals surface area contributed by atoms with Crippen LogP contribution in [-0.2, 0) is 13.5 Å². The van der Waals surface area contributed by atoms with Crippen LogP contribution in [0.3, 0.4) is 0 Å². The maximum atomic E-state index is 13.8. The van der Waals surface area contributed by atoms with Gasteiger partial charge in [-0.05, 0) is 18.7 Å². The first kappa shape index (κ1) is 13.6. The Hall–Kier alpha value is -1.82. The SMILES string of the molecule is CCNC(Cc1cn(C)nn1)c1c(F)cccc1F. The highest BCUT2D eigenvalue weighted by atomic mass is 19.1. The van der Waals surface area contributed by atoms with Gasteiger partial charge in [0.25, 0.3) is 0 Å². The first-order valence-corrected chi connectivity index (χ1v) is 6.14. The standard InChI is InChI=1S/C13H16F2N4/c1-3-16-12(7-9-8-19(2)18-17-9)13-10(14)5-4-6-11(13)15/h4-6,8,12,16H,3,7H2,1-2H3. The summed E-state index contributed by atoms with van der Waals surface area (Å²) in [7, 11) is 1.75. The van der Waals surface area contributed by atoms with Crippen molar-refractivity contribution in [2.75, 3.05) is 6.54 Å². The van der Waals surface area contributed by atoms with E-state index in [1.165, 1.54) is 18.2 Å². The summed E-state index contributed by atoms with van der Waals surface area (Å²) in [6, 6.07) is 3.43. The molecule has 102 valence electrons. The van der Waals surface area contributed by atoms with Crippen molar-refractivity contribution in [2.45, 2.75) is 19.4 Å². The highest BCUT2D eigenvalue weighted by Gasteiger charge is 2.20. The van der Waals surface area contributed by atoms with Crippen LogP contribution in [0.25, 0.3) is 0 Å². The van der Waals surface area contributed by atoms with Gasteiger partial charge in [-0.2, -0.15) is 0 Å². The van der Waals surface area contributed by atoms with Gasteiger partial charge in [0.15, 0.2) is 0 Å². The molecule has 0 radical (unpaired) electrons. The fourth-order valence-corrected chi connectivity index (χ4v) is 2.06. The number of nitrogens with one attached hydrogen (secondary N) is 1. The molecule has 1 atom stereocenters. The van der Waals surface area contributed by atoms with Crippen LogP contribution in [0.15, 0.2) is 24.4 Å². The Morgan fingerprint density at radius 1 is 1.32 bits per heavy atom. The van der Waals surface area contributed by atoms with Crippen molar-refractivity contribution in [1.29, 1.82) is 0 Å². The van der Waals surface area contributed by atoms with Gasteiger partial charge in [0.1, 0.15) is 11.6 Å². The quantitative estimate of drug-likeness (QED) is 0.900. The minimum absolute atomic E-state index is 0.0509. The average molecular weight is 266 g/mol. The highest BCUT2D eigenvalue weighted by molar-refractivity contribution is 5.24. The lowest BCUT2D eigenvalue weighted by atomic mass is 10.0. The first-order chi connectivity index (χ1) is 9.11. The predicted octanol–water partition coefficient (Wildman–Crippen LogP) is 1.99. The van der Waals surface area contributed by atoms with Gasteiger partial charge >= 0.3 is 0 Å². The number of aromatic nitrogens is 3. The number of halogens is 2. The van der Waals surface area contributed by atoms with Crippen LogP contribution in [0.2, 0.25) is 0 Å². The molecule has 6 heteroatoms. The lowest BCUT2D eigenvalue weighted by Gasteiger charge is -2.18. The zero-order valence-corrected chi connectivity index (χ0v) is 10.9. The van der Waals surface area contributed by atoms with Crippen LogP contribution in [0.1, 0.15) is 24.2 Å². The number of aryl methyl sites for hydroxylation is 1. The summed E-state index contributed by atoms with van der Waals surface area (Å²) in [5.74, 6) is -1.09. The van der Waals surface area contributed by atoms with E-state index in [0.29, 0.717) is 18.7 Å². The van der Waals surface area contributed by atoms with Crippen LogP contribution in [0.4, 0.5) is 8.78 Å². The molecule has 4 nitrogen and oxygen atoms in total. The van der Waals surface area contributed by atoms with E-state index in [1.807, 2.05) is 6.92 Å². The zero-order chi connectivity index (χ0) is 13.8. The maximum Gasteiger partial charge on any atom is 0.130 e. The van der Waals surface area contributed by atoms with Crippen molar-refractivity contribution >= 4 is 0 Å². The van der Waals surface area contributed by atoms with Crippen molar-refractivity contribution in [3.05, 3.63) is 47.3 Å². The number of rotatable bonds is 5. The van der Waals surface area contributed by atoms with Gasteiger partial charge in [-0.15, -0.1) is 5.10 Å². The van der Waals surface area contributed by atoms with Crippen molar-refractivity contribution in [1.82, 2.24) is 20.3 Å². The van der Waals surface area contributed by atoms with E-state index < -0.39 is 17.7 Å². The van der Waals surface area contributed by atoms with E-state index in [4.69, 9.17) is 0 Å². The monoisotopic (exact) mass is 266 g/mol. The molecule has 1 N–H and O–H groups in total. The van der Waals surface area contributed by atoms with Crippen molar-refractivity contribution in [3.8, 4) is 0 Å². The van der Waals surface area contributed by atoms with Gasteiger partial charge in [0.05, 0.1) is 5.69 Å². The molecule has 19 heavy (non-hydrogen) atoms. The van der Waals surface area contributed by atoms with E-state index in [1.54, 1.807) is 17.9 Å². The molecule has 2 aromatic rings. The van der Waals surface area contributed by atoms with Gasteiger partial charge in [-0.1, -0.05) is 18.2 Å². The van der Waals surface area contributed by atoms with Gasteiger partial charge in [0.2, 0.25) is 0 Å². The molecule has 0 aliphatic carbocycles. The molecular weight excluding hydrogens is 250 g/mol. The summed E-state index contributed by atoms with van der Waals surface area (Å²) < 4.78 is 29.2. The van der Waals surface area contributed by atoms with E-state index in [9.17, 15) is 8.78 Å². The summed E-state index contributed by atoms with van der Waals surface area (Å²) in [4.78, 5) is 0. The topological polar surface area (TPSA) is 42.7 Å². The Balaban J connectivity index is 2.29. The van der Waals surface area contributed by atoms with E-state index in [0.717, 1.165) is 0 Å². The number of likely N-dealkylation sites (N-methyl/N-ethyl adjacent to an activating group) is 1. The predicted molar refractivity (Wildman–Crippen MR) is 67.5 cm³/mol. The second kappa shape index (κ2) is 5.88. The Morgan fingerprint density at radius 3 is 2.53 bits per heavy atom. The molecular formula is C13H16F2N4. The fraction of sp³-hybridized carbons (Fsp3) is 0.385. The lowest BCUT2D eigenvalue weighted by molar-refractivity contribution is 0.470. The van der Waals surface area contributed by atoms with Crippen LogP contribution < -0.4 is 5.32 Å². The van der Waals surface area contributed by atoms with Crippen LogP contribution in [0.5, 0.6) is 0 Å². The molecule has 0 saturated heterocycles. The molecule has 1 aromatic carbocycles. The van der Waals surface area contributed by atoms with Gasteiger partial charge in [-0.25, -0.2) is 8.78 Å². The van der Waals surface area contributed by atoms with Crippen LogP contribution in [0, 0.1) is 11.6 Å². The Bertz CT molecular complexity index is 533. The second-order valence-corrected chi connectivity index (χ2v) is 4.33. The third-order valence-electron chi connectivity index (χ3n) is 2.86. The summed E-state index contributed by atoms with van der Waals surface area (Å²) in [5, 5.41) is 10.9. The summed E-state index contributed by atoms with van der Waals surface area (Å²) in [5.41, 5.74) is 0.742. The molecule has 0 bridgehead atoms. The summed E-state index contributed by atoms with van der Waals surface area (Å²) >= 11 is 0. The minimum Gasteiger partial charge on any atom is -0.310 e. The molecule has 2 rings (SSSR count). The van der Waals surface area contributed by atoms with Gasteiger partial charge in [0, 0.05) is 31.3 Å². The third kappa shape index (κ3) is 3.14. The average Bonchev–Trinajstić information content (AvgIpc) is 2.75. The van der Waals surface area contributed by atoms with Crippen molar-refractivity contribution < 1.29 is 8.78 Å². The number of benzene rings is 1. The Labute approximate surface area is 110 Å². The molecule has 1 unspecified atom stereocenters. The van der Waals surface area contributed by atoms with E-state index in [-0.39, 0.29) is 5.56 Å². The molecule has 0 aliphatic heterocycles. The smallest absolute Gasteiger partial charge is 0.130 e. The van der Waals surface area contributed by atoms with Gasteiger partial charge in [-0.3, -0.25) is 4.68 Å². The number of hydrogen-bond donors (Lipinski definition) is 1. The lowest BCUT2D eigenvalue weighted by Crippen LogP contribution is -2.25. The normalized spacial score (nSPS) is 12.6. The third-order valence-corrected chi connectivity index (χ3v) is 2.86. The molecule has 0 spiro atoms. The number of nitrogens with zero attached hydrogens (tertiary/aromatic N) is 3. The molecule has 0 amide bonds. The second-order valence-electron chi connectivity index (χ2n) is 4.33. The van der Waals surface area contributed by atoms with E-state index >= 15 is 0 Å². The van der Waals surface area contributed by atoms with Gasteiger partial charge < -0.3 is 5.32 Å². The molecule has 1 aromatic heterocycles. The molecule has 0 saturated carbocycles. The van der Waals surface area contributed by atoms with E-state index in [2.05, 4.69) is 15.6 Å². The zero-order valence-electron chi connectivity index (χ0n) is 10.9. The largest absolute Gasteiger partial charge is 0.310 e. The molecule has 0 fully saturated rings. The first-order valence-electron chi connectivity index (χ1n) is 6.14. The summed E-state index contributed by atoms with van der Waals surface area (Å²) in [6.45, 7) is 2.50. The molecule has 1 heterocycles. The maximum absolute atomic E-state index is 13.8. The fourth-order valence-electron chi connectivity index (χ4n) is 2.06.